The Balaban J connectivity index is 1.69. The Hall–Kier alpha value is -1.58. The number of likely N-dealkylation sites (tertiary alicyclic amines) is 1. The van der Waals surface area contributed by atoms with Gasteiger partial charge in [0.05, 0.1) is 10.9 Å². The van der Waals surface area contributed by atoms with Crippen molar-refractivity contribution in [2.45, 2.75) is 25.1 Å². The highest BCUT2D eigenvalue weighted by Gasteiger charge is 2.41. The molecule has 138 valence electrons. The van der Waals surface area contributed by atoms with Gasteiger partial charge in [-0.2, -0.15) is 13.2 Å². The van der Waals surface area contributed by atoms with Crippen molar-refractivity contribution in [1.29, 1.82) is 0 Å². The number of halogens is 3. The lowest BCUT2D eigenvalue weighted by Crippen LogP contribution is -2.38. The smallest absolute Gasteiger partial charge is 0.396 e. The Kier molecular flexibility index (Phi) is 5.08. The molecule has 5 nitrogen and oxygen atoms in total. The minimum Gasteiger partial charge on any atom is -0.396 e. The van der Waals surface area contributed by atoms with Crippen molar-refractivity contribution in [2.75, 3.05) is 26.7 Å². The zero-order chi connectivity index (χ0) is 18.2. The number of nitrogens with zero attached hydrogens (tertiary/aromatic N) is 2. The van der Waals surface area contributed by atoms with Gasteiger partial charge in [0.15, 0.2) is 0 Å². The molecule has 1 aromatic rings. The molecule has 0 radical (unpaired) electrons. The second kappa shape index (κ2) is 6.97. The molecular formula is C16H20F3N3O2S. The number of hydrogen-bond donors (Lipinski definition) is 2. The van der Waals surface area contributed by atoms with Gasteiger partial charge in [-0.1, -0.05) is 0 Å². The number of carbonyl (C=O) groups is 1. The van der Waals surface area contributed by atoms with Crippen molar-refractivity contribution in [1.82, 2.24) is 15.3 Å². The fraction of sp³-hybridized carbons (Fsp3) is 0.562. The molecule has 1 aromatic heterocycles. The SMILES string of the molecule is CN1NC(c2ccc(C(=O)N3CCC(CO)CC3)s2)C=C1C(F)(F)F. The molecule has 0 spiro atoms. The Morgan fingerprint density at radius 3 is 2.60 bits per heavy atom. The van der Waals surface area contributed by atoms with Crippen LogP contribution in [0, 0.1) is 5.92 Å². The van der Waals surface area contributed by atoms with Crippen LogP contribution in [0.15, 0.2) is 23.9 Å². The van der Waals surface area contributed by atoms with Crippen LogP contribution in [-0.4, -0.2) is 53.8 Å². The molecule has 2 N–H and O–H groups in total. The average Bonchev–Trinajstić information content (AvgIpc) is 3.20. The van der Waals surface area contributed by atoms with Crippen LogP contribution in [0.25, 0.3) is 0 Å². The van der Waals surface area contributed by atoms with Crippen LogP contribution >= 0.6 is 11.3 Å². The summed E-state index contributed by atoms with van der Waals surface area (Å²) >= 11 is 1.21. The van der Waals surface area contributed by atoms with E-state index in [0.29, 0.717) is 22.8 Å². The summed E-state index contributed by atoms with van der Waals surface area (Å²) in [4.78, 5) is 15.5. The number of carbonyl (C=O) groups excluding carboxylic acids is 1. The molecule has 0 bridgehead atoms. The molecule has 2 aliphatic heterocycles. The molecule has 1 fully saturated rings. The van der Waals surface area contributed by atoms with Gasteiger partial charge in [0.2, 0.25) is 0 Å². The van der Waals surface area contributed by atoms with Crippen molar-refractivity contribution >= 4 is 17.2 Å². The highest BCUT2D eigenvalue weighted by Crippen LogP contribution is 2.36. The van der Waals surface area contributed by atoms with Crippen LogP contribution in [0.3, 0.4) is 0 Å². The van der Waals surface area contributed by atoms with Crippen molar-refractivity contribution in [3.8, 4) is 0 Å². The summed E-state index contributed by atoms with van der Waals surface area (Å²) in [6.07, 6.45) is -1.74. The maximum atomic E-state index is 12.9. The number of rotatable bonds is 3. The number of nitrogens with one attached hydrogen (secondary N) is 1. The second-order valence-electron chi connectivity index (χ2n) is 6.34. The predicted octanol–water partition coefficient (Wildman–Crippen LogP) is 2.53. The van der Waals surface area contributed by atoms with E-state index in [1.807, 2.05) is 0 Å². The van der Waals surface area contributed by atoms with Gasteiger partial charge in [0.25, 0.3) is 5.91 Å². The van der Waals surface area contributed by atoms with Crippen molar-refractivity contribution in [3.63, 3.8) is 0 Å². The van der Waals surface area contributed by atoms with Gasteiger partial charge in [-0.15, -0.1) is 11.3 Å². The first-order chi connectivity index (χ1) is 11.8. The van der Waals surface area contributed by atoms with E-state index in [-0.39, 0.29) is 18.4 Å². The fourth-order valence-electron chi connectivity index (χ4n) is 3.12. The summed E-state index contributed by atoms with van der Waals surface area (Å²) in [5.41, 5.74) is 2.02. The summed E-state index contributed by atoms with van der Waals surface area (Å²) in [7, 11) is 1.32. The topological polar surface area (TPSA) is 55.8 Å². The van der Waals surface area contributed by atoms with E-state index in [2.05, 4.69) is 5.43 Å². The van der Waals surface area contributed by atoms with Crippen LogP contribution in [0.2, 0.25) is 0 Å². The number of aliphatic hydroxyl groups is 1. The second-order valence-corrected chi connectivity index (χ2v) is 7.45. The summed E-state index contributed by atoms with van der Waals surface area (Å²) in [5, 5.41) is 10.1. The van der Waals surface area contributed by atoms with E-state index < -0.39 is 17.9 Å². The largest absolute Gasteiger partial charge is 0.432 e. The third kappa shape index (κ3) is 3.83. The molecule has 3 heterocycles. The molecule has 2 aliphatic rings. The van der Waals surface area contributed by atoms with Crippen molar-refractivity contribution < 1.29 is 23.1 Å². The molecule has 3 rings (SSSR count). The first kappa shape index (κ1) is 18.2. The first-order valence-corrected chi connectivity index (χ1v) is 8.90. The Morgan fingerprint density at radius 1 is 1.36 bits per heavy atom. The minimum atomic E-state index is -4.41. The van der Waals surface area contributed by atoms with Gasteiger partial charge in [-0.05, 0) is 37.0 Å². The predicted molar refractivity (Wildman–Crippen MR) is 87.8 cm³/mol. The summed E-state index contributed by atoms with van der Waals surface area (Å²) < 4.78 is 38.7. The van der Waals surface area contributed by atoms with E-state index in [1.54, 1.807) is 17.0 Å². The third-order valence-electron chi connectivity index (χ3n) is 4.61. The lowest BCUT2D eigenvalue weighted by Gasteiger charge is -2.30. The number of allylic oxidation sites excluding steroid dienone is 1. The number of hydrogen-bond acceptors (Lipinski definition) is 5. The molecule has 9 heteroatoms. The third-order valence-corrected chi connectivity index (χ3v) is 5.77. The van der Waals surface area contributed by atoms with Crippen LogP contribution in [-0.2, 0) is 0 Å². The van der Waals surface area contributed by atoms with E-state index in [0.717, 1.165) is 23.9 Å². The Labute approximate surface area is 147 Å². The van der Waals surface area contributed by atoms with E-state index >= 15 is 0 Å². The van der Waals surface area contributed by atoms with Crippen LogP contribution in [0.5, 0.6) is 0 Å². The zero-order valence-corrected chi connectivity index (χ0v) is 14.5. The van der Waals surface area contributed by atoms with Gasteiger partial charge >= 0.3 is 6.18 Å². The maximum absolute atomic E-state index is 12.9. The van der Waals surface area contributed by atoms with Crippen molar-refractivity contribution in [2.24, 2.45) is 5.92 Å². The number of hydrazine groups is 1. The Morgan fingerprint density at radius 2 is 2.04 bits per heavy atom. The van der Waals surface area contributed by atoms with E-state index in [4.69, 9.17) is 5.11 Å². The standard InChI is InChI=1S/C16H20F3N3O2S/c1-21-14(16(17,18)19)8-11(20-21)12-2-3-13(25-12)15(24)22-6-4-10(9-23)5-7-22/h2-3,8,10-11,20,23H,4-7,9H2,1H3. The highest BCUT2D eigenvalue weighted by atomic mass is 32.1. The molecule has 1 saturated heterocycles. The summed E-state index contributed by atoms with van der Waals surface area (Å²) in [5.74, 6) is 0.145. The monoisotopic (exact) mass is 375 g/mol. The van der Waals surface area contributed by atoms with Crippen molar-refractivity contribution in [3.05, 3.63) is 33.7 Å². The number of aliphatic hydroxyl groups excluding tert-OH is 1. The number of amides is 1. The lowest BCUT2D eigenvalue weighted by molar-refractivity contribution is -0.110. The molecule has 25 heavy (non-hydrogen) atoms. The average molecular weight is 375 g/mol. The fourth-order valence-corrected chi connectivity index (χ4v) is 4.12. The summed E-state index contributed by atoms with van der Waals surface area (Å²) in [6.45, 7) is 1.33. The normalized spacial score (nSPS) is 22.4. The molecule has 0 saturated carbocycles. The minimum absolute atomic E-state index is 0.0981. The van der Waals surface area contributed by atoms with Crippen LogP contribution < -0.4 is 5.43 Å². The van der Waals surface area contributed by atoms with Gasteiger partial charge in [-0.3, -0.25) is 4.79 Å². The van der Waals surface area contributed by atoms with Gasteiger partial charge in [0.1, 0.15) is 5.70 Å². The van der Waals surface area contributed by atoms with Crippen LogP contribution in [0.4, 0.5) is 13.2 Å². The number of thiophene rings is 1. The van der Waals surface area contributed by atoms with Gasteiger partial charge < -0.3 is 15.0 Å². The number of alkyl halides is 3. The first-order valence-electron chi connectivity index (χ1n) is 8.08. The lowest BCUT2D eigenvalue weighted by atomic mass is 9.98. The molecule has 1 atom stereocenters. The molecule has 1 unspecified atom stereocenters. The zero-order valence-electron chi connectivity index (χ0n) is 13.7. The molecule has 0 aromatic carbocycles. The van der Waals surface area contributed by atoms with E-state index in [9.17, 15) is 18.0 Å². The molecule has 0 aliphatic carbocycles. The van der Waals surface area contributed by atoms with Gasteiger partial charge in [0, 0.05) is 31.6 Å². The van der Waals surface area contributed by atoms with Crippen LogP contribution in [0.1, 0.15) is 33.4 Å². The quantitative estimate of drug-likeness (QED) is 0.853. The maximum Gasteiger partial charge on any atom is 0.432 e. The Bertz CT molecular complexity index is 666. The highest BCUT2D eigenvalue weighted by molar-refractivity contribution is 7.14. The van der Waals surface area contributed by atoms with E-state index in [1.165, 1.54) is 18.4 Å². The molecular weight excluding hydrogens is 355 g/mol. The number of piperidine rings is 1. The van der Waals surface area contributed by atoms with Gasteiger partial charge in [-0.25, -0.2) is 5.43 Å². The molecule has 1 amide bonds. The summed E-state index contributed by atoms with van der Waals surface area (Å²) in [6, 6.07) is 2.77.